The molecule has 1 aliphatic rings. The van der Waals surface area contributed by atoms with E-state index in [9.17, 15) is 9.59 Å². The van der Waals surface area contributed by atoms with Gasteiger partial charge in [-0.15, -0.1) is 0 Å². The molecule has 148 valence electrons. The van der Waals surface area contributed by atoms with Gasteiger partial charge in [-0.3, -0.25) is 9.69 Å². The van der Waals surface area contributed by atoms with Crippen molar-refractivity contribution in [3.8, 4) is 11.1 Å². The van der Waals surface area contributed by atoms with Gasteiger partial charge in [-0.2, -0.15) is 0 Å². The van der Waals surface area contributed by atoms with E-state index in [0.29, 0.717) is 32.6 Å². The zero-order valence-corrected chi connectivity index (χ0v) is 16.4. The van der Waals surface area contributed by atoms with Crippen molar-refractivity contribution in [3.63, 3.8) is 0 Å². The number of nitrogens with one attached hydrogen (secondary N) is 2. The second-order valence-electron chi connectivity index (χ2n) is 6.87. The highest BCUT2D eigenvalue weighted by molar-refractivity contribution is 5.95. The maximum Gasteiger partial charge on any atom is 0.317 e. The summed E-state index contributed by atoms with van der Waals surface area (Å²) in [7, 11) is 0. The molecule has 0 bridgehead atoms. The molecule has 1 saturated heterocycles. The van der Waals surface area contributed by atoms with Gasteiger partial charge in [-0.05, 0) is 18.6 Å². The van der Waals surface area contributed by atoms with Gasteiger partial charge < -0.3 is 15.5 Å². The van der Waals surface area contributed by atoms with E-state index in [1.807, 2.05) is 66.4 Å². The van der Waals surface area contributed by atoms with Gasteiger partial charge in [0.25, 0.3) is 0 Å². The van der Waals surface area contributed by atoms with E-state index in [1.165, 1.54) is 0 Å². The Morgan fingerprint density at radius 2 is 1.61 bits per heavy atom. The van der Waals surface area contributed by atoms with Crippen LogP contribution in [0.2, 0.25) is 0 Å². The minimum Gasteiger partial charge on any atom is -0.338 e. The van der Waals surface area contributed by atoms with Crippen LogP contribution in [0.4, 0.5) is 10.5 Å². The van der Waals surface area contributed by atoms with Crippen LogP contribution in [0.1, 0.15) is 13.3 Å². The summed E-state index contributed by atoms with van der Waals surface area (Å²) >= 11 is 0. The molecule has 1 heterocycles. The van der Waals surface area contributed by atoms with Crippen molar-refractivity contribution in [1.29, 1.82) is 0 Å². The van der Waals surface area contributed by atoms with Crippen molar-refractivity contribution < 1.29 is 9.59 Å². The van der Waals surface area contributed by atoms with Gasteiger partial charge in [-0.25, -0.2) is 4.79 Å². The van der Waals surface area contributed by atoms with E-state index in [2.05, 4.69) is 15.5 Å². The molecular weight excluding hydrogens is 352 g/mol. The molecule has 0 radical (unpaired) electrons. The second kappa shape index (κ2) is 9.90. The molecule has 0 spiro atoms. The van der Waals surface area contributed by atoms with Crippen LogP contribution >= 0.6 is 0 Å². The summed E-state index contributed by atoms with van der Waals surface area (Å²) in [5.74, 6) is 0.00883. The van der Waals surface area contributed by atoms with Crippen LogP contribution in [0.3, 0.4) is 0 Å². The number of piperazine rings is 1. The summed E-state index contributed by atoms with van der Waals surface area (Å²) in [5, 5.41) is 5.88. The monoisotopic (exact) mass is 380 g/mol. The van der Waals surface area contributed by atoms with Crippen molar-refractivity contribution in [2.24, 2.45) is 0 Å². The summed E-state index contributed by atoms with van der Waals surface area (Å²) in [6, 6.07) is 17.9. The molecule has 1 aliphatic heterocycles. The van der Waals surface area contributed by atoms with Gasteiger partial charge in [-0.1, -0.05) is 48.5 Å². The molecule has 2 aromatic carbocycles. The molecule has 0 aliphatic carbocycles. The fraction of sp³-hybridized carbons (Fsp3) is 0.364. The number of anilines is 1. The molecule has 1 fully saturated rings. The van der Waals surface area contributed by atoms with Gasteiger partial charge in [0.05, 0.1) is 0 Å². The molecule has 3 rings (SSSR count). The number of urea groups is 1. The van der Waals surface area contributed by atoms with Crippen molar-refractivity contribution in [3.05, 3.63) is 54.6 Å². The van der Waals surface area contributed by atoms with Gasteiger partial charge in [0.1, 0.15) is 0 Å². The lowest BCUT2D eigenvalue weighted by Crippen LogP contribution is -2.52. The lowest BCUT2D eigenvalue weighted by molar-refractivity contribution is -0.116. The highest BCUT2D eigenvalue weighted by atomic mass is 16.2. The molecule has 0 saturated carbocycles. The highest BCUT2D eigenvalue weighted by Crippen LogP contribution is 2.27. The first-order chi connectivity index (χ1) is 13.7. The van der Waals surface area contributed by atoms with Crippen LogP contribution in [-0.2, 0) is 4.79 Å². The quantitative estimate of drug-likeness (QED) is 0.810. The predicted octanol–water partition coefficient (Wildman–Crippen LogP) is 3.03. The Morgan fingerprint density at radius 3 is 2.32 bits per heavy atom. The summed E-state index contributed by atoms with van der Waals surface area (Å²) in [6.45, 7) is 6.25. The van der Waals surface area contributed by atoms with E-state index >= 15 is 0 Å². The molecule has 0 atom stereocenters. The molecule has 2 aromatic rings. The smallest absolute Gasteiger partial charge is 0.317 e. The standard InChI is InChI=1S/C22H28N4O2/c1-2-23-22(28)26-16-14-25(15-17-26)13-12-21(27)24-20-11-7-6-10-19(20)18-8-4-3-5-9-18/h3-11H,2,12-17H2,1H3,(H,23,28)(H,24,27). The first-order valence-electron chi connectivity index (χ1n) is 9.87. The molecular formula is C22H28N4O2. The minimum absolute atomic E-state index is 0.00240. The first kappa shape index (κ1) is 19.9. The number of amides is 3. The highest BCUT2D eigenvalue weighted by Gasteiger charge is 2.21. The number of benzene rings is 2. The van der Waals surface area contributed by atoms with Crippen molar-refractivity contribution in [2.75, 3.05) is 44.6 Å². The van der Waals surface area contributed by atoms with Gasteiger partial charge in [0, 0.05) is 56.9 Å². The van der Waals surface area contributed by atoms with Crippen LogP contribution < -0.4 is 10.6 Å². The predicted molar refractivity (Wildman–Crippen MR) is 112 cm³/mol. The first-order valence-corrected chi connectivity index (χ1v) is 9.87. The van der Waals surface area contributed by atoms with E-state index in [-0.39, 0.29) is 11.9 Å². The zero-order chi connectivity index (χ0) is 19.8. The van der Waals surface area contributed by atoms with Crippen LogP contribution in [0, 0.1) is 0 Å². The van der Waals surface area contributed by atoms with Crippen LogP contribution in [0.5, 0.6) is 0 Å². The molecule has 3 amide bonds. The normalized spacial score (nSPS) is 14.5. The van der Waals surface area contributed by atoms with Gasteiger partial charge in [0.2, 0.25) is 5.91 Å². The second-order valence-corrected chi connectivity index (χ2v) is 6.87. The number of rotatable bonds is 6. The molecule has 0 unspecified atom stereocenters. The fourth-order valence-electron chi connectivity index (χ4n) is 3.37. The minimum atomic E-state index is -0.00240. The SMILES string of the molecule is CCNC(=O)N1CCN(CCC(=O)Nc2ccccc2-c2ccccc2)CC1. The lowest BCUT2D eigenvalue weighted by atomic mass is 10.0. The fourth-order valence-corrected chi connectivity index (χ4v) is 3.37. The number of carbonyl (C=O) groups is 2. The van der Waals surface area contributed by atoms with Crippen LogP contribution in [-0.4, -0.2) is 61.0 Å². The Kier molecular flexibility index (Phi) is 7.03. The largest absolute Gasteiger partial charge is 0.338 e. The number of hydrogen-bond acceptors (Lipinski definition) is 3. The van der Waals surface area contributed by atoms with Crippen LogP contribution in [0.15, 0.2) is 54.6 Å². The third kappa shape index (κ3) is 5.33. The Bertz CT molecular complexity index is 786. The van der Waals surface area contributed by atoms with E-state index in [1.54, 1.807) is 0 Å². The van der Waals surface area contributed by atoms with Crippen LogP contribution in [0.25, 0.3) is 11.1 Å². The molecule has 28 heavy (non-hydrogen) atoms. The van der Waals surface area contributed by atoms with Crippen molar-refractivity contribution >= 4 is 17.6 Å². The average molecular weight is 380 g/mol. The van der Waals surface area contributed by atoms with Crippen molar-refractivity contribution in [2.45, 2.75) is 13.3 Å². The third-order valence-corrected chi connectivity index (χ3v) is 4.93. The molecule has 0 aromatic heterocycles. The number of nitrogens with zero attached hydrogens (tertiary/aromatic N) is 2. The molecule has 2 N–H and O–H groups in total. The van der Waals surface area contributed by atoms with Crippen molar-refractivity contribution in [1.82, 2.24) is 15.1 Å². The van der Waals surface area contributed by atoms with E-state index in [4.69, 9.17) is 0 Å². The van der Waals surface area contributed by atoms with E-state index < -0.39 is 0 Å². The summed E-state index contributed by atoms with van der Waals surface area (Å²) < 4.78 is 0. The summed E-state index contributed by atoms with van der Waals surface area (Å²) in [4.78, 5) is 28.4. The lowest BCUT2D eigenvalue weighted by Gasteiger charge is -2.34. The zero-order valence-electron chi connectivity index (χ0n) is 16.4. The third-order valence-electron chi connectivity index (χ3n) is 4.93. The molecule has 6 nitrogen and oxygen atoms in total. The Balaban J connectivity index is 1.49. The summed E-state index contributed by atoms with van der Waals surface area (Å²) in [5.41, 5.74) is 2.94. The number of carbonyl (C=O) groups excluding carboxylic acids is 2. The Labute approximate surface area is 166 Å². The maximum absolute atomic E-state index is 12.5. The average Bonchev–Trinajstić information content (AvgIpc) is 2.74. The maximum atomic E-state index is 12.5. The topological polar surface area (TPSA) is 64.7 Å². The summed E-state index contributed by atoms with van der Waals surface area (Å²) in [6.07, 6.45) is 0.435. The Morgan fingerprint density at radius 1 is 0.929 bits per heavy atom. The van der Waals surface area contributed by atoms with Gasteiger partial charge >= 0.3 is 6.03 Å². The molecule has 6 heteroatoms. The Hall–Kier alpha value is -2.86. The van der Waals surface area contributed by atoms with E-state index in [0.717, 1.165) is 29.9 Å². The number of para-hydroxylation sites is 1. The van der Waals surface area contributed by atoms with Gasteiger partial charge in [0.15, 0.2) is 0 Å². The number of hydrogen-bond donors (Lipinski definition) is 2.